The minimum atomic E-state index is -0.328. The van der Waals surface area contributed by atoms with E-state index in [1.807, 2.05) is 0 Å². The molecule has 0 saturated carbocycles. The highest BCUT2D eigenvalue weighted by atomic mass is 32.1. The molecule has 0 amide bonds. The predicted molar refractivity (Wildman–Crippen MR) is 82.0 cm³/mol. The maximum atomic E-state index is 13.4. The van der Waals surface area contributed by atoms with Crippen molar-refractivity contribution in [3.63, 3.8) is 0 Å². The molecule has 20 heavy (non-hydrogen) atoms. The summed E-state index contributed by atoms with van der Waals surface area (Å²) in [7, 11) is 1.48. The van der Waals surface area contributed by atoms with Gasteiger partial charge in [-0.15, -0.1) is 11.3 Å². The molecule has 1 aromatic heterocycles. The number of nitrogens with one attached hydrogen (secondary N) is 1. The molecule has 1 aromatic carbocycles. The lowest BCUT2D eigenvalue weighted by Crippen LogP contribution is -2.21. The van der Waals surface area contributed by atoms with Gasteiger partial charge in [-0.2, -0.15) is 0 Å². The summed E-state index contributed by atoms with van der Waals surface area (Å²) in [5, 5.41) is 3.53. The van der Waals surface area contributed by atoms with Gasteiger partial charge in [0, 0.05) is 21.8 Å². The van der Waals surface area contributed by atoms with E-state index in [0.29, 0.717) is 0 Å². The summed E-state index contributed by atoms with van der Waals surface area (Å²) in [6, 6.07) is 9.66. The minimum Gasteiger partial charge on any atom is -0.494 e. The highest BCUT2D eigenvalue weighted by Gasteiger charge is 2.14. The molecule has 108 valence electrons. The Morgan fingerprint density at radius 3 is 2.50 bits per heavy atom. The molecular formula is C16H20FNOS. The van der Waals surface area contributed by atoms with Gasteiger partial charge in [0.1, 0.15) is 0 Å². The molecule has 0 aliphatic heterocycles. The molecule has 4 heteroatoms. The van der Waals surface area contributed by atoms with Gasteiger partial charge in [-0.25, -0.2) is 4.39 Å². The zero-order valence-electron chi connectivity index (χ0n) is 12.2. The molecule has 2 unspecified atom stereocenters. The minimum absolute atomic E-state index is 0.127. The van der Waals surface area contributed by atoms with E-state index in [2.05, 4.69) is 38.2 Å². The number of methoxy groups -OCH3 is 1. The summed E-state index contributed by atoms with van der Waals surface area (Å²) < 4.78 is 18.4. The molecule has 0 saturated heterocycles. The Bertz CT molecular complexity index is 582. The van der Waals surface area contributed by atoms with Crippen molar-refractivity contribution in [3.8, 4) is 5.75 Å². The van der Waals surface area contributed by atoms with Crippen LogP contribution in [0.3, 0.4) is 0 Å². The van der Waals surface area contributed by atoms with Gasteiger partial charge in [0.05, 0.1) is 7.11 Å². The third kappa shape index (κ3) is 3.38. The first-order valence-electron chi connectivity index (χ1n) is 6.67. The average Bonchev–Trinajstić information content (AvgIpc) is 2.86. The van der Waals surface area contributed by atoms with Crippen molar-refractivity contribution in [2.45, 2.75) is 32.9 Å². The van der Waals surface area contributed by atoms with Gasteiger partial charge >= 0.3 is 0 Å². The zero-order valence-corrected chi connectivity index (χ0v) is 13.1. The van der Waals surface area contributed by atoms with Gasteiger partial charge in [-0.3, -0.25) is 0 Å². The van der Waals surface area contributed by atoms with E-state index in [1.54, 1.807) is 23.5 Å². The molecule has 0 aliphatic carbocycles. The Balaban J connectivity index is 2.09. The maximum Gasteiger partial charge on any atom is 0.165 e. The highest BCUT2D eigenvalue weighted by Crippen LogP contribution is 2.27. The number of ether oxygens (including phenoxy) is 1. The van der Waals surface area contributed by atoms with Gasteiger partial charge in [0.15, 0.2) is 11.6 Å². The maximum absolute atomic E-state index is 13.4. The fraction of sp³-hybridized carbons (Fsp3) is 0.375. The molecular weight excluding hydrogens is 273 g/mol. The smallest absolute Gasteiger partial charge is 0.165 e. The van der Waals surface area contributed by atoms with Crippen molar-refractivity contribution < 1.29 is 9.13 Å². The normalized spacial score (nSPS) is 14.1. The van der Waals surface area contributed by atoms with E-state index >= 15 is 0 Å². The van der Waals surface area contributed by atoms with E-state index in [-0.39, 0.29) is 23.7 Å². The molecule has 0 bridgehead atoms. The first kappa shape index (κ1) is 15.0. The van der Waals surface area contributed by atoms with E-state index in [4.69, 9.17) is 4.74 Å². The number of aryl methyl sites for hydroxylation is 1. The molecule has 0 spiro atoms. The lowest BCUT2D eigenvalue weighted by molar-refractivity contribution is 0.384. The summed E-state index contributed by atoms with van der Waals surface area (Å²) in [4.78, 5) is 2.62. The number of halogens is 1. The zero-order chi connectivity index (χ0) is 14.7. The summed E-state index contributed by atoms with van der Waals surface area (Å²) in [6.07, 6.45) is 0. The summed E-state index contributed by atoms with van der Waals surface area (Å²) >= 11 is 1.80. The van der Waals surface area contributed by atoms with Crippen LogP contribution >= 0.6 is 11.3 Å². The number of rotatable bonds is 5. The average molecular weight is 293 g/mol. The molecule has 0 aliphatic rings. The van der Waals surface area contributed by atoms with Gasteiger partial charge in [0.25, 0.3) is 0 Å². The van der Waals surface area contributed by atoms with Crippen molar-refractivity contribution in [1.82, 2.24) is 5.32 Å². The van der Waals surface area contributed by atoms with Crippen molar-refractivity contribution in [2.24, 2.45) is 0 Å². The Morgan fingerprint density at radius 2 is 1.90 bits per heavy atom. The fourth-order valence-corrected chi connectivity index (χ4v) is 3.07. The van der Waals surface area contributed by atoms with Crippen molar-refractivity contribution >= 4 is 11.3 Å². The van der Waals surface area contributed by atoms with Crippen molar-refractivity contribution in [3.05, 3.63) is 51.5 Å². The van der Waals surface area contributed by atoms with Gasteiger partial charge in [0.2, 0.25) is 0 Å². The molecule has 2 rings (SSSR count). The molecule has 2 aromatic rings. The summed E-state index contributed by atoms with van der Waals surface area (Å²) in [5.41, 5.74) is 1.02. The molecule has 0 radical (unpaired) electrons. The lowest BCUT2D eigenvalue weighted by atomic mass is 10.1. The van der Waals surface area contributed by atoms with Crippen LogP contribution in [-0.4, -0.2) is 7.11 Å². The van der Waals surface area contributed by atoms with Gasteiger partial charge < -0.3 is 10.1 Å². The third-order valence-electron chi connectivity index (χ3n) is 3.36. The van der Waals surface area contributed by atoms with Crippen LogP contribution in [-0.2, 0) is 0 Å². The quantitative estimate of drug-likeness (QED) is 0.868. The summed E-state index contributed by atoms with van der Waals surface area (Å²) in [6.45, 7) is 6.32. The van der Waals surface area contributed by atoms with Crippen LogP contribution in [0, 0.1) is 12.7 Å². The second kappa shape index (κ2) is 6.37. The van der Waals surface area contributed by atoms with Crippen molar-refractivity contribution in [1.29, 1.82) is 0 Å². The predicted octanol–water partition coefficient (Wildman–Crippen LogP) is 4.62. The van der Waals surface area contributed by atoms with Gasteiger partial charge in [-0.1, -0.05) is 6.07 Å². The van der Waals surface area contributed by atoms with E-state index in [0.717, 1.165) is 5.56 Å². The second-order valence-corrected chi connectivity index (χ2v) is 6.27. The van der Waals surface area contributed by atoms with Crippen LogP contribution in [0.1, 0.15) is 41.2 Å². The Labute approximate surface area is 123 Å². The molecule has 1 N–H and O–H groups in total. The highest BCUT2D eigenvalue weighted by molar-refractivity contribution is 7.12. The van der Waals surface area contributed by atoms with Crippen LogP contribution < -0.4 is 10.1 Å². The summed E-state index contributed by atoms with van der Waals surface area (Å²) in [5.74, 6) is -0.0406. The van der Waals surface area contributed by atoms with Crippen LogP contribution in [0.5, 0.6) is 5.75 Å². The number of hydrogen-bond donors (Lipinski definition) is 1. The number of benzene rings is 1. The first-order valence-corrected chi connectivity index (χ1v) is 7.48. The largest absolute Gasteiger partial charge is 0.494 e. The van der Waals surface area contributed by atoms with Crippen LogP contribution in [0.25, 0.3) is 0 Å². The van der Waals surface area contributed by atoms with Crippen LogP contribution in [0.4, 0.5) is 4.39 Å². The monoisotopic (exact) mass is 293 g/mol. The molecule has 0 fully saturated rings. The van der Waals surface area contributed by atoms with E-state index in [1.165, 1.54) is 22.9 Å². The fourth-order valence-electron chi connectivity index (χ4n) is 2.19. The third-order valence-corrected chi connectivity index (χ3v) is 4.55. The topological polar surface area (TPSA) is 21.3 Å². The van der Waals surface area contributed by atoms with Crippen LogP contribution in [0.15, 0.2) is 30.3 Å². The molecule has 1 heterocycles. The second-order valence-electron chi connectivity index (χ2n) is 4.95. The molecule has 2 nitrogen and oxygen atoms in total. The molecule has 2 atom stereocenters. The standard InChI is InChI=1S/C16H20FNOS/c1-10-5-8-16(20-10)12(3)18-11(2)13-6-7-14(17)15(9-13)19-4/h5-9,11-12,18H,1-4H3. The Kier molecular flexibility index (Phi) is 4.78. The number of thiophene rings is 1. The van der Waals surface area contributed by atoms with E-state index < -0.39 is 0 Å². The SMILES string of the molecule is COc1cc(C(C)NC(C)c2ccc(C)s2)ccc1F. The van der Waals surface area contributed by atoms with E-state index in [9.17, 15) is 4.39 Å². The Hall–Kier alpha value is -1.39. The first-order chi connectivity index (χ1) is 9.51. The Morgan fingerprint density at radius 1 is 1.15 bits per heavy atom. The van der Waals surface area contributed by atoms with Gasteiger partial charge in [-0.05, 0) is 50.6 Å². The number of hydrogen-bond acceptors (Lipinski definition) is 3. The van der Waals surface area contributed by atoms with Crippen molar-refractivity contribution in [2.75, 3.05) is 7.11 Å². The van der Waals surface area contributed by atoms with Crippen LogP contribution in [0.2, 0.25) is 0 Å². The lowest BCUT2D eigenvalue weighted by Gasteiger charge is -2.20.